The first-order valence-electron chi connectivity index (χ1n) is 11.1. The number of nitrogens with one attached hydrogen (secondary N) is 1. The van der Waals surface area contributed by atoms with E-state index in [0.29, 0.717) is 17.1 Å². The van der Waals surface area contributed by atoms with Crippen LogP contribution in [-0.4, -0.2) is 25.3 Å². The number of ether oxygens (including phenoxy) is 2. The van der Waals surface area contributed by atoms with E-state index >= 15 is 0 Å². The van der Waals surface area contributed by atoms with Crippen molar-refractivity contribution in [2.45, 2.75) is 45.6 Å². The first-order chi connectivity index (χ1) is 16.0. The minimum atomic E-state index is -0.104. The second-order valence-electron chi connectivity index (χ2n) is 8.17. The lowest BCUT2D eigenvalue weighted by atomic mass is 9.95. The van der Waals surface area contributed by atoms with E-state index in [1.54, 1.807) is 24.7 Å². The molecular weight excluding hydrogens is 500 g/mol. The molecule has 1 aromatic heterocycles. The normalized spacial score (nSPS) is 13.2. The molecule has 0 aliphatic heterocycles. The highest BCUT2D eigenvalue weighted by Gasteiger charge is 2.25. The summed E-state index contributed by atoms with van der Waals surface area (Å²) in [7, 11) is 1.62. The molecule has 0 fully saturated rings. The van der Waals surface area contributed by atoms with E-state index in [2.05, 4.69) is 21.2 Å². The summed E-state index contributed by atoms with van der Waals surface area (Å²) >= 11 is 5.21. The number of thiophene rings is 1. The number of hydrogen-bond acceptors (Lipinski definition) is 5. The Morgan fingerprint density at radius 3 is 2.67 bits per heavy atom. The van der Waals surface area contributed by atoms with Gasteiger partial charge in [0.2, 0.25) is 0 Å². The summed E-state index contributed by atoms with van der Waals surface area (Å²) in [4.78, 5) is 19.3. The molecule has 0 unspecified atom stereocenters. The van der Waals surface area contributed by atoms with Gasteiger partial charge in [-0.2, -0.15) is 0 Å². The molecule has 33 heavy (non-hydrogen) atoms. The summed E-state index contributed by atoms with van der Waals surface area (Å²) in [5, 5.41) is 3.78. The minimum absolute atomic E-state index is 0.0258. The highest BCUT2D eigenvalue weighted by molar-refractivity contribution is 9.10. The largest absolute Gasteiger partial charge is 0.493 e. The van der Waals surface area contributed by atoms with E-state index in [4.69, 9.17) is 14.5 Å². The van der Waals surface area contributed by atoms with Crippen LogP contribution in [-0.2, 0) is 12.8 Å². The fraction of sp³-hybridized carbons (Fsp3) is 0.308. The van der Waals surface area contributed by atoms with Crippen molar-refractivity contribution in [3.05, 3.63) is 68.5 Å². The number of nitrogens with zero attached hydrogens (tertiary/aromatic N) is 1. The van der Waals surface area contributed by atoms with Crippen molar-refractivity contribution in [2.75, 3.05) is 12.4 Å². The smallest absolute Gasteiger partial charge is 0.259 e. The second-order valence-corrected chi connectivity index (χ2v) is 10.1. The number of carbonyl (C=O) groups is 1. The molecule has 1 heterocycles. The number of aliphatic imine (C=N–C) groups is 1. The third kappa shape index (κ3) is 5.47. The number of methoxy groups -OCH3 is 1. The van der Waals surface area contributed by atoms with Crippen LogP contribution in [0.4, 0.5) is 10.7 Å². The van der Waals surface area contributed by atoms with Gasteiger partial charge in [0, 0.05) is 16.8 Å². The molecule has 172 valence electrons. The third-order valence-electron chi connectivity index (χ3n) is 5.35. The molecule has 0 bridgehead atoms. The van der Waals surface area contributed by atoms with Crippen molar-refractivity contribution >= 4 is 50.1 Å². The molecule has 0 saturated heterocycles. The molecule has 3 aromatic rings. The average molecular weight is 527 g/mol. The van der Waals surface area contributed by atoms with Crippen LogP contribution in [0.1, 0.15) is 53.1 Å². The molecular formula is C26H27BrN2O3S. The van der Waals surface area contributed by atoms with Crippen LogP contribution in [0.3, 0.4) is 0 Å². The number of hydrogen-bond donors (Lipinski definition) is 1. The first-order valence-corrected chi connectivity index (χ1v) is 12.7. The van der Waals surface area contributed by atoms with Gasteiger partial charge in [-0.1, -0.05) is 18.2 Å². The van der Waals surface area contributed by atoms with Crippen LogP contribution in [0.5, 0.6) is 11.5 Å². The van der Waals surface area contributed by atoms with E-state index in [1.807, 2.05) is 56.3 Å². The lowest BCUT2D eigenvalue weighted by molar-refractivity contribution is 0.102. The summed E-state index contributed by atoms with van der Waals surface area (Å²) < 4.78 is 12.2. The number of benzene rings is 2. The molecule has 7 heteroatoms. The standard InChI is InChI=1S/C26H27BrN2O3S/c1-16(2)32-24-20(27)13-17(14-21(24)31-3)15-28-26-23(19-11-7-8-12-22(19)33-26)25(30)29-18-9-5-4-6-10-18/h4-6,9-10,13-16H,7-8,11-12H2,1-3H3,(H,29,30). The number of amides is 1. The summed E-state index contributed by atoms with van der Waals surface area (Å²) in [5.74, 6) is 1.19. The van der Waals surface area contributed by atoms with Gasteiger partial charge in [0.15, 0.2) is 11.5 Å². The van der Waals surface area contributed by atoms with Gasteiger partial charge in [0.05, 0.1) is 23.2 Å². The summed E-state index contributed by atoms with van der Waals surface area (Å²) in [5.41, 5.74) is 3.48. The fourth-order valence-electron chi connectivity index (χ4n) is 3.89. The van der Waals surface area contributed by atoms with Crippen molar-refractivity contribution in [2.24, 2.45) is 4.99 Å². The van der Waals surface area contributed by atoms with Crippen molar-refractivity contribution in [1.82, 2.24) is 0 Å². The highest BCUT2D eigenvalue weighted by Crippen LogP contribution is 2.41. The van der Waals surface area contributed by atoms with Crippen LogP contribution >= 0.6 is 27.3 Å². The number of rotatable bonds is 7. The molecule has 0 radical (unpaired) electrons. The van der Waals surface area contributed by atoms with Crippen LogP contribution in [0.2, 0.25) is 0 Å². The Morgan fingerprint density at radius 2 is 1.94 bits per heavy atom. The maximum atomic E-state index is 13.3. The lowest BCUT2D eigenvalue weighted by Gasteiger charge is -2.15. The SMILES string of the molecule is COc1cc(C=Nc2sc3c(c2C(=O)Nc2ccccc2)CCCC3)cc(Br)c1OC(C)C. The molecule has 1 aliphatic carbocycles. The molecule has 2 aromatic carbocycles. The first kappa shape index (κ1) is 23.5. The van der Waals surface area contributed by atoms with Crippen molar-refractivity contribution in [3.8, 4) is 11.5 Å². The number of para-hydroxylation sites is 1. The van der Waals surface area contributed by atoms with Gasteiger partial charge < -0.3 is 14.8 Å². The predicted octanol–water partition coefficient (Wildman–Crippen LogP) is 7.19. The molecule has 1 amide bonds. The van der Waals surface area contributed by atoms with E-state index < -0.39 is 0 Å². The van der Waals surface area contributed by atoms with Crippen LogP contribution in [0.25, 0.3) is 0 Å². The quantitative estimate of drug-likeness (QED) is 0.331. The third-order valence-corrected chi connectivity index (χ3v) is 7.14. The van der Waals surface area contributed by atoms with Gasteiger partial charge in [-0.25, -0.2) is 4.99 Å². The summed E-state index contributed by atoms with van der Waals surface area (Å²) in [6, 6.07) is 13.4. The van der Waals surface area contributed by atoms with Crippen molar-refractivity contribution < 1.29 is 14.3 Å². The van der Waals surface area contributed by atoms with Gasteiger partial charge >= 0.3 is 0 Å². The zero-order chi connectivity index (χ0) is 23.4. The second kappa shape index (κ2) is 10.5. The Bertz CT molecular complexity index is 1170. The Balaban J connectivity index is 1.67. The molecule has 1 N–H and O–H groups in total. The van der Waals surface area contributed by atoms with Gasteiger partial charge in [-0.3, -0.25) is 4.79 Å². The minimum Gasteiger partial charge on any atom is -0.493 e. The van der Waals surface area contributed by atoms with Crippen LogP contribution in [0, 0.1) is 0 Å². The predicted molar refractivity (Wildman–Crippen MR) is 139 cm³/mol. The van der Waals surface area contributed by atoms with Crippen LogP contribution < -0.4 is 14.8 Å². The summed E-state index contributed by atoms with van der Waals surface area (Å²) in [6.45, 7) is 3.95. The van der Waals surface area contributed by atoms with Gasteiger partial charge in [-0.15, -0.1) is 11.3 Å². The van der Waals surface area contributed by atoms with Crippen molar-refractivity contribution in [3.63, 3.8) is 0 Å². The highest BCUT2D eigenvalue weighted by atomic mass is 79.9. The van der Waals surface area contributed by atoms with Crippen LogP contribution in [0.15, 0.2) is 51.9 Å². The average Bonchev–Trinajstić information content (AvgIpc) is 3.18. The summed E-state index contributed by atoms with van der Waals surface area (Å²) in [6.07, 6.45) is 5.97. The Labute approximate surface area is 207 Å². The van der Waals surface area contributed by atoms with E-state index in [0.717, 1.165) is 52.0 Å². The molecule has 4 rings (SSSR count). The van der Waals surface area contributed by atoms with Gasteiger partial charge in [0.25, 0.3) is 5.91 Å². The molecule has 1 aliphatic rings. The Hall–Kier alpha value is -2.64. The Morgan fingerprint density at radius 1 is 1.18 bits per heavy atom. The Kier molecular flexibility index (Phi) is 7.50. The molecule has 5 nitrogen and oxygen atoms in total. The van der Waals surface area contributed by atoms with Crippen molar-refractivity contribution in [1.29, 1.82) is 0 Å². The monoisotopic (exact) mass is 526 g/mol. The zero-order valence-electron chi connectivity index (χ0n) is 19.0. The van der Waals surface area contributed by atoms with E-state index in [9.17, 15) is 4.79 Å². The number of fused-ring (bicyclic) bond motifs is 1. The number of aryl methyl sites for hydroxylation is 1. The fourth-order valence-corrected chi connectivity index (χ4v) is 5.67. The molecule has 0 saturated carbocycles. The zero-order valence-corrected chi connectivity index (χ0v) is 21.4. The topological polar surface area (TPSA) is 59.9 Å². The van der Waals surface area contributed by atoms with Gasteiger partial charge in [-0.05, 0) is 90.9 Å². The van der Waals surface area contributed by atoms with E-state index in [-0.39, 0.29) is 12.0 Å². The number of anilines is 1. The lowest BCUT2D eigenvalue weighted by Crippen LogP contribution is -2.14. The van der Waals surface area contributed by atoms with Gasteiger partial charge in [0.1, 0.15) is 5.00 Å². The maximum Gasteiger partial charge on any atom is 0.259 e. The number of carbonyl (C=O) groups excluding carboxylic acids is 1. The molecule has 0 atom stereocenters. The maximum absolute atomic E-state index is 13.3. The number of halogens is 1. The molecule has 0 spiro atoms. The van der Waals surface area contributed by atoms with E-state index in [1.165, 1.54) is 4.88 Å².